The topological polar surface area (TPSA) is 54.5 Å². The summed E-state index contributed by atoms with van der Waals surface area (Å²) in [6.07, 6.45) is 4.04. The van der Waals surface area contributed by atoms with Gasteiger partial charge in [-0.1, -0.05) is 0 Å². The molecule has 1 saturated carbocycles. The summed E-state index contributed by atoms with van der Waals surface area (Å²) in [5, 5.41) is 2.83. The molecule has 1 aromatic rings. The lowest BCUT2D eigenvalue weighted by molar-refractivity contribution is 0.201. The SMILES string of the molecule is COc1ccc(NC(=O)N(C)[C@H](C)C2CC2)cn1. The lowest BCUT2D eigenvalue weighted by Crippen LogP contribution is -2.39. The van der Waals surface area contributed by atoms with Gasteiger partial charge in [-0.2, -0.15) is 0 Å². The molecular weight excluding hydrogens is 230 g/mol. The fourth-order valence-corrected chi connectivity index (χ4v) is 1.87. The van der Waals surface area contributed by atoms with Crippen LogP contribution in [0.15, 0.2) is 18.3 Å². The predicted molar refractivity (Wildman–Crippen MR) is 69.8 cm³/mol. The first-order chi connectivity index (χ1) is 8.61. The molecule has 98 valence electrons. The van der Waals surface area contributed by atoms with Gasteiger partial charge in [0.1, 0.15) is 0 Å². The first kappa shape index (κ1) is 12.7. The number of ether oxygens (including phenoxy) is 1. The largest absolute Gasteiger partial charge is 0.481 e. The van der Waals surface area contributed by atoms with Crippen LogP contribution in [0.4, 0.5) is 10.5 Å². The predicted octanol–water partition coefficient (Wildman–Crippen LogP) is 2.35. The average molecular weight is 249 g/mol. The number of carbonyl (C=O) groups is 1. The third kappa shape index (κ3) is 2.91. The molecule has 1 N–H and O–H groups in total. The number of urea groups is 1. The van der Waals surface area contributed by atoms with E-state index in [1.165, 1.54) is 12.8 Å². The van der Waals surface area contributed by atoms with Gasteiger partial charge in [-0.25, -0.2) is 9.78 Å². The molecule has 1 aliphatic rings. The van der Waals surface area contributed by atoms with Crippen molar-refractivity contribution in [3.05, 3.63) is 18.3 Å². The first-order valence-electron chi connectivity index (χ1n) is 6.15. The van der Waals surface area contributed by atoms with Gasteiger partial charge in [-0.3, -0.25) is 0 Å². The molecule has 18 heavy (non-hydrogen) atoms. The number of carbonyl (C=O) groups excluding carboxylic acids is 1. The number of anilines is 1. The molecule has 0 aliphatic heterocycles. The van der Waals surface area contributed by atoms with Crippen LogP contribution in [0.2, 0.25) is 0 Å². The molecule has 2 amide bonds. The Morgan fingerprint density at radius 1 is 1.56 bits per heavy atom. The number of hydrogen-bond acceptors (Lipinski definition) is 3. The number of methoxy groups -OCH3 is 1. The fourth-order valence-electron chi connectivity index (χ4n) is 1.87. The molecule has 2 rings (SSSR count). The highest BCUT2D eigenvalue weighted by Gasteiger charge is 2.32. The summed E-state index contributed by atoms with van der Waals surface area (Å²) in [5.41, 5.74) is 0.677. The minimum Gasteiger partial charge on any atom is -0.481 e. The summed E-state index contributed by atoms with van der Waals surface area (Å²) in [5.74, 6) is 1.20. The Labute approximate surface area is 107 Å². The lowest BCUT2D eigenvalue weighted by Gasteiger charge is -2.25. The van der Waals surface area contributed by atoms with Gasteiger partial charge in [0.05, 0.1) is 19.0 Å². The quantitative estimate of drug-likeness (QED) is 0.891. The van der Waals surface area contributed by atoms with Gasteiger partial charge in [0.15, 0.2) is 0 Å². The normalized spacial score (nSPS) is 15.9. The maximum Gasteiger partial charge on any atom is 0.321 e. The van der Waals surface area contributed by atoms with Crippen LogP contribution in [0.3, 0.4) is 0 Å². The van der Waals surface area contributed by atoms with E-state index in [1.807, 2.05) is 7.05 Å². The number of hydrogen-bond donors (Lipinski definition) is 1. The number of aromatic nitrogens is 1. The summed E-state index contributed by atoms with van der Waals surface area (Å²) < 4.78 is 4.97. The Morgan fingerprint density at radius 2 is 2.28 bits per heavy atom. The van der Waals surface area contributed by atoms with Crippen molar-refractivity contribution in [1.29, 1.82) is 0 Å². The third-order valence-electron chi connectivity index (χ3n) is 3.43. The van der Waals surface area contributed by atoms with E-state index in [0.717, 1.165) is 0 Å². The molecule has 1 aromatic heterocycles. The lowest BCUT2D eigenvalue weighted by atomic mass is 10.2. The molecule has 5 nitrogen and oxygen atoms in total. The average Bonchev–Trinajstić information content (AvgIpc) is 3.22. The van der Waals surface area contributed by atoms with Gasteiger partial charge < -0.3 is 15.0 Å². The number of pyridine rings is 1. The zero-order valence-corrected chi connectivity index (χ0v) is 11.0. The van der Waals surface area contributed by atoms with E-state index in [4.69, 9.17) is 4.74 Å². The molecule has 0 radical (unpaired) electrons. The molecule has 1 atom stereocenters. The Balaban J connectivity index is 1.92. The minimum atomic E-state index is -0.0960. The summed E-state index contributed by atoms with van der Waals surface area (Å²) in [7, 11) is 3.39. The highest BCUT2D eigenvalue weighted by atomic mass is 16.5. The van der Waals surface area contributed by atoms with Crippen LogP contribution in [-0.4, -0.2) is 36.1 Å². The highest BCUT2D eigenvalue weighted by molar-refractivity contribution is 5.89. The molecule has 0 saturated heterocycles. The van der Waals surface area contributed by atoms with Gasteiger partial charge >= 0.3 is 6.03 Å². The number of amides is 2. The van der Waals surface area contributed by atoms with Gasteiger partial charge in [0.2, 0.25) is 5.88 Å². The monoisotopic (exact) mass is 249 g/mol. The van der Waals surface area contributed by atoms with E-state index in [0.29, 0.717) is 17.5 Å². The Bertz CT molecular complexity index is 415. The van der Waals surface area contributed by atoms with E-state index in [9.17, 15) is 4.79 Å². The maximum atomic E-state index is 12.0. The zero-order chi connectivity index (χ0) is 13.1. The van der Waals surface area contributed by atoms with Crippen molar-refractivity contribution >= 4 is 11.7 Å². The second kappa shape index (κ2) is 5.25. The Hall–Kier alpha value is -1.78. The second-order valence-electron chi connectivity index (χ2n) is 4.71. The minimum absolute atomic E-state index is 0.0960. The van der Waals surface area contributed by atoms with Crippen molar-refractivity contribution in [3.63, 3.8) is 0 Å². The molecular formula is C13H19N3O2. The van der Waals surface area contributed by atoms with Crippen molar-refractivity contribution < 1.29 is 9.53 Å². The van der Waals surface area contributed by atoms with Gasteiger partial charge in [-0.05, 0) is 31.7 Å². The van der Waals surface area contributed by atoms with Crippen LogP contribution < -0.4 is 10.1 Å². The molecule has 1 heterocycles. The van der Waals surface area contributed by atoms with Crippen LogP contribution in [0.1, 0.15) is 19.8 Å². The van der Waals surface area contributed by atoms with Gasteiger partial charge in [0, 0.05) is 19.2 Å². The molecule has 1 fully saturated rings. The van der Waals surface area contributed by atoms with Crippen LogP contribution >= 0.6 is 0 Å². The standard InChI is InChI=1S/C13H19N3O2/c1-9(10-4-5-10)16(2)13(17)15-11-6-7-12(18-3)14-8-11/h6-10H,4-5H2,1-3H3,(H,15,17)/t9-/m1/s1. The summed E-state index contributed by atoms with van der Waals surface area (Å²) in [6.45, 7) is 2.09. The number of nitrogens with one attached hydrogen (secondary N) is 1. The van der Waals surface area contributed by atoms with E-state index in [2.05, 4.69) is 17.2 Å². The van der Waals surface area contributed by atoms with E-state index in [1.54, 1.807) is 30.3 Å². The van der Waals surface area contributed by atoms with Crippen LogP contribution in [0.25, 0.3) is 0 Å². The van der Waals surface area contributed by atoms with Crippen molar-refractivity contribution in [1.82, 2.24) is 9.88 Å². The second-order valence-corrected chi connectivity index (χ2v) is 4.71. The Morgan fingerprint density at radius 3 is 2.78 bits per heavy atom. The first-order valence-corrected chi connectivity index (χ1v) is 6.15. The maximum absolute atomic E-state index is 12.0. The fraction of sp³-hybridized carbons (Fsp3) is 0.538. The Kier molecular flexibility index (Phi) is 3.69. The molecule has 0 unspecified atom stereocenters. The molecule has 0 spiro atoms. The third-order valence-corrected chi connectivity index (χ3v) is 3.43. The molecule has 5 heteroatoms. The van der Waals surface area contributed by atoms with Crippen LogP contribution in [0, 0.1) is 5.92 Å². The number of rotatable bonds is 4. The van der Waals surface area contributed by atoms with Crippen molar-refractivity contribution in [3.8, 4) is 5.88 Å². The molecule has 1 aliphatic carbocycles. The molecule has 0 aromatic carbocycles. The highest BCUT2D eigenvalue weighted by Crippen LogP contribution is 2.34. The van der Waals surface area contributed by atoms with Crippen molar-refractivity contribution in [2.75, 3.05) is 19.5 Å². The van der Waals surface area contributed by atoms with E-state index < -0.39 is 0 Å². The van der Waals surface area contributed by atoms with Gasteiger partial charge in [0.25, 0.3) is 0 Å². The van der Waals surface area contributed by atoms with Crippen LogP contribution in [0.5, 0.6) is 5.88 Å². The van der Waals surface area contributed by atoms with Crippen LogP contribution in [-0.2, 0) is 0 Å². The van der Waals surface area contributed by atoms with Crippen molar-refractivity contribution in [2.24, 2.45) is 5.92 Å². The van der Waals surface area contributed by atoms with E-state index >= 15 is 0 Å². The van der Waals surface area contributed by atoms with Gasteiger partial charge in [-0.15, -0.1) is 0 Å². The molecule has 0 bridgehead atoms. The number of nitrogens with zero attached hydrogens (tertiary/aromatic N) is 2. The summed E-state index contributed by atoms with van der Waals surface area (Å²) >= 11 is 0. The van der Waals surface area contributed by atoms with Crippen molar-refractivity contribution in [2.45, 2.75) is 25.8 Å². The van der Waals surface area contributed by atoms with E-state index in [-0.39, 0.29) is 12.1 Å². The zero-order valence-electron chi connectivity index (χ0n) is 11.0. The summed E-state index contributed by atoms with van der Waals surface area (Å²) in [4.78, 5) is 17.8. The summed E-state index contributed by atoms with van der Waals surface area (Å²) in [6, 6.07) is 3.69. The smallest absolute Gasteiger partial charge is 0.321 e.